The maximum atomic E-state index is 5.95. The average molecular weight is 339 g/mol. The van der Waals surface area contributed by atoms with Crippen LogP contribution in [0.25, 0.3) is 38.9 Å². The molecule has 0 radical (unpaired) electrons. The SMILES string of the molecule is Cn1ccc2c(-n3ccc4ccc(-c5cccc(N)c5)cc43)ncnc21. The van der Waals surface area contributed by atoms with Crippen molar-refractivity contribution in [1.82, 2.24) is 19.1 Å². The zero-order valence-corrected chi connectivity index (χ0v) is 14.3. The van der Waals surface area contributed by atoms with Gasteiger partial charge in [-0.1, -0.05) is 24.3 Å². The van der Waals surface area contributed by atoms with E-state index in [1.807, 2.05) is 36.0 Å². The van der Waals surface area contributed by atoms with Crippen molar-refractivity contribution >= 4 is 27.6 Å². The third-order valence-corrected chi connectivity index (χ3v) is 4.78. The first-order valence-corrected chi connectivity index (χ1v) is 8.44. The number of nitrogen functional groups attached to an aromatic ring is 1. The smallest absolute Gasteiger partial charge is 0.150 e. The topological polar surface area (TPSA) is 61.7 Å². The van der Waals surface area contributed by atoms with Crippen LogP contribution in [0.2, 0.25) is 0 Å². The molecule has 5 rings (SSSR count). The van der Waals surface area contributed by atoms with Crippen LogP contribution in [0.15, 0.2) is 73.3 Å². The van der Waals surface area contributed by atoms with Crippen molar-refractivity contribution in [3.05, 3.63) is 73.3 Å². The van der Waals surface area contributed by atoms with Crippen molar-refractivity contribution in [2.24, 2.45) is 7.05 Å². The van der Waals surface area contributed by atoms with Gasteiger partial charge in [-0.05, 0) is 41.5 Å². The molecule has 5 nitrogen and oxygen atoms in total. The molecule has 0 saturated heterocycles. The number of fused-ring (bicyclic) bond motifs is 2. The molecule has 3 aromatic heterocycles. The van der Waals surface area contributed by atoms with E-state index in [2.05, 4.69) is 57.1 Å². The van der Waals surface area contributed by atoms with E-state index in [0.29, 0.717) is 0 Å². The van der Waals surface area contributed by atoms with Crippen LogP contribution in [-0.2, 0) is 7.05 Å². The number of anilines is 1. The minimum atomic E-state index is 0.764. The van der Waals surface area contributed by atoms with E-state index in [1.165, 1.54) is 5.39 Å². The van der Waals surface area contributed by atoms with E-state index in [4.69, 9.17) is 5.73 Å². The average Bonchev–Trinajstić information content (AvgIpc) is 3.25. The summed E-state index contributed by atoms with van der Waals surface area (Å²) in [5.74, 6) is 0.885. The second kappa shape index (κ2) is 5.46. The molecule has 2 aromatic carbocycles. The first-order valence-electron chi connectivity index (χ1n) is 8.44. The Balaban J connectivity index is 1.75. The number of hydrogen-bond donors (Lipinski definition) is 1. The molecule has 0 unspecified atom stereocenters. The first kappa shape index (κ1) is 14.7. The van der Waals surface area contributed by atoms with E-state index in [1.54, 1.807) is 6.33 Å². The number of aromatic nitrogens is 4. The van der Waals surface area contributed by atoms with Crippen LogP contribution in [0.3, 0.4) is 0 Å². The molecule has 0 saturated carbocycles. The number of nitrogens with two attached hydrogens (primary N) is 1. The van der Waals surface area contributed by atoms with E-state index >= 15 is 0 Å². The monoisotopic (exact) mass is 339 g/mol. The summed E-state index contributed by atoms with van der Waals surface area (Å²) in [5, 5.41) is 2.20. The molecule has 3 heterocycles. The van der Waals surface area contributed by atoms with Crippen molar-refractivity contribution in [2.75, 3.05) is 5.73 Å². The summed E-state index contributed by atoms with van der Waals surface area (Å²) in [6, 6.07) is 18.5. The highest BCUT2D eigenvalue weighted by atomic mass is 15.1. The Morgan fingerprint density at radius 2 is 1.77 bits per heavy atom. The van der Waals surface area contributed by atoms with Crippen LogP contribution in [0, 0.1) is 0 Å². The van der Waals surface area contributed by atoms with Crippen LogP contribution in [0.5, 0.6) is 0 Å². The molecule has 5 heteroatoms. The van der Waals surface area contributed by atoms with Crippen LogP contribution < -0.4 is 5.73 Å². The summed E-state index contributed by atoms with van der Waals surface area (Å²) >= 11 is 0. The number of benzene rings is 2. The van der Waals surface area contributed by atoms with Gasteiger partial charge >= 0.3 is 0 Å². The van der Waals surface area contributed by atoms with Gasteiger partial charge in [0.25, 0.3) is 0 Å². The highest BCUT2D eigenvalue weighted by Crippen LogP contribution is 2.29. The number of aryl methyl sites for hydroxylation is 1. The normalized spacial score (nSPS) is 11.4. The predicted molar refractivity (Wildman–Crippen MR) is 105 cm³/mol. The summed E-state index contributed by atoms with van der Waals surface area (Å²) < 4.78 is 4.12. The Morgan fingerprint density at radius 1 is 0.885 bits per heavy atom. The van der Waals surface area contributed by atoms with Crippen LogP contribution >= 0.6 is 0 Å². The second-order valence-corrected chi connectivity index (χ2v) is 6.45. The summed E-state index contributed by atoms with van der Waals surface area (Å²) in [5.41, 5.74) is 11.0. The van der Waals surface area contributed by atoms with Crippen LogP contribution in [-0.4, -0.2) is 19.1 Å². The van der Waals surface area contributed by atoms with Gasteiger partial charge in [-0.25, -0.2) is 9.97 Å². The quantitative estimate of drug-likeness (QED) is 0.491. The fourth-order valence-corrected chi connectivity index (χ4v) is 3.47. The molecule has 0 aliphatic heterocycles. The van der Waals surface area contributed by atoms with Crippen molar-refractivity contribution in [1.29, 1.82) is 0 Å². The molecule has 0 spiro atoms. The van der Waals surface area contributed by atoms with Crippen LogP contribution in [0.1, 0.15) is 0 Å². The van der Waals surface area contributed by atoms with Gasteiger partial charge in [0.2, 0.25) is 0 Å². The summed E-state index contributed by atoms with van der Waals surface area (Å²) in [6.07, 6.45) is 5.68. The third kappa shape index (κ3) is 2.18. The molecule has 0 fully saturated rings. The fourth-order valence-electron chi connectivity index (χ4n) is 3.47. The third-order valence-electron chi connectivity index (χ3n) is 4.78. The maximum Gasteiger partial charge on any atom is 0.150 e. The second-order valence-electron chi connectivity index (χ2n) is 6.45. The Labute approximate surface area is 150 Å². The van der Waals surface area contributed by atoms with Gasteiger partial charge in [0, 0.05) is 30.5 Å². The van der Waals surface area contributed by atoms with Gasteiger partial charge in [0.05, 0.1) is 10.9 Å². The maximum absolute atomic E-state index is 5.95. The minimum absolute atomic E-state index is 0.764. The van der Waals surface area contributed by atoms with E-state index in [9.17, 15) is 0 Å². The lowest BCUT2D eigenvalue weighted by molar-refractivity contribution is 0.938. The molecule has 0 amide bonds. The van der Waals surface area contributed by atoms with E-state index in [-0.39, 0.29) is 0 Å². The molecule has 0 aliphatic carbocycles. The lowest BCUT2D eigenvalue weighted by Crippen LogP contribution is -1.98. The molecule has 0 atom stereocenters. The largest absolute Gasteiger partial charge is 0.399 e. The highest BCUT2D eigenvalue weighted by Gasteiger charge is 2.12. The molecule has 0 aliphatic rings. The van der Waals surface area contributed by atoms with Crippen molar-refractivity contribution in [3.63, 3.8) is 0 Å². The molecule has 2 N–H and O–H groups in total. The highest BCUT2D eigenvalue weighted by molar-refractivity contribution is 5.90. The summed E-state index contributed by atoms with van der Waals surface area (Å²) in [4.78, 5) is 8.94. The molecule has 5 aromatic rings. The summed E-state index contributed by atoms with van der Waals surface area (Å²) in [6.45, 7) is 0. The summed E-state index contributed by atoms with van der Waals surface area (Å²) in [7, 11) is 1.99. The Kier molecular flexibility index (Phi) is 3.09. The number of hydrogen-bond acceptors (Lipinski definition) is 3. The zero-order valence-electron chi connectivity index (χ0n) is 14.3. The Hall–Kier alpha value is -3.60. The lowest BCUT2D eigenvalue weighted by atomic mass is 10.0. The van der Waals surface area contributed by atoms with E-state index in [0.717, 1.165) is 39.2 Å². The minimum Gasteiger partial charge on any atom is -0.399 e. The predicted octanol–water partition coefficient (Wildman–Crippen LogP) is 4.16. The molecular formula is C21H17N5. The standard InChI is InChI=1S/C21H17N5/c1-25-9-8-18-20(25)23-13-24-21(18)26-10-7-14-5-6-16(12-19(14)26)15-3-2-4-17(22)11-15/h2-13H,22H2,1H3. The van der Waals surface area contributed by atoms with E-state index < -0.39 is 0 Å². The van der Waals surface area contributed by atoms with Gasteiger partial charge < -0.3 is 14.9 Å². The van der Waals surface area contributed by atoms with Gasteiger partial charge in [0.1, 0.15) is 17.8 Å². The molecule has 26 heavy (non-hydrogen) atoms. The number of nitrogens with zero attached hydrogens (tertiary/aromatic N) is 4. The van der Waals surface area contributed by atoms with Gasteiger partial charge in [-0.15, -0.1) is 0 Å². The first-order chi connectivity index (χ1) is 12.7. The van der Waals surface area contributed by atoms with Gasteiger partial charge in [0.15, 0.2) is 0 Å². The Morgan fingerprint density at radius 3 is 2.65 bits per heavy atom. The van der Waals surface area contributed by atoms with Crippen LogP contribution in [0.4, 0.5) is 5.69 Å². The van der Waals surface area contributed by atoms with Crippen molar-refractivity contribution in [3.8, 4) is 16.9 Å². The number of rotatable bonds is 2. The lowest BCUT2D eigenvalue weighted by Gasteiger charge is -2.08. The van der Waals surface area contributed by atoms with Gasteiger partial charge in [-0.2, -0.15) is 0 Å². The molecule has 0 bridgehead atoms. The Bertz CT molecular complexity index is 1260. The van der Waals surface area contributed by atoms with Crippen molar-refractivity contribution < 1.29 is 0 Å². The van der Waals surface area contributed by atoms with Gasteiger partial charge in [-0.3, -0.25) is 0 Å². The zero-order chi connectivity index (χ0) is 17.7. The van der Waals surface area contributed by atoms with Crippen molar-refractivity contribution in [2.45, 2.75) is 0 Å². The fraction of sp³-hybridized carbons (Fsp3) is 0.0476. The molecule has 126 valence electrons. The molecular weight excluding hydrogens is 322 g/mol.